The molecule has 3 amide bonds. The van der Waals surface area contributed by atoms with Crippen molar-refractivity contribution in [2.24, 2.45) is 0 Å². The Morgan fingerprint density at radius 2 is 2.00 bits per heavy atom. The Labute approximate surface area is 152 Å². The number of nitrogens with one attached hydrogen (secondary N) is 2. The number of carbonyl (C=O) groups excluding carboxylic acids is 2. The standard InChI is InChI=1S/C17H17F3N4O3/c1-3-8-24(10-15(25)22-14-9-11(2)27-23-14)16(26)21-13-7-5-4-6-12(13)17(18,19)20/h3-7,9H,1,8,10H2,2H3,(H,21,26)(H,22,23,25). The van der Waals surface area contributed by atoms with E-state index in [9.17, 15) is 22.8 Å². The summed E-state index contributed by atoms with van der Waals surface area (Å²) in [6.07, 6.45) is -3.28. The molecule has 0 aliphatic rings. The van der Waals surface area contributed by atoms with Crippen molar-refractivity contribution in [3.63, 3.8) is 0 Å². The minimum Gasteiger partial charge on any atom is -0.360 e. The van der Waals surface area contributed by atoms with Crippen LogP contribution >= 0.6 is 0 Å². The Balaban J connectivity index is 2.09. The van der Waals surface area contributed by atoms with E-state index in [0.29, 0.717) is 5.76 Å². The number of alkyl halides is 3. The van der Waals surface area contributed by atoms with E-state index >= 15 is 0 Å². The molecule has 0 spiro atoms. The smallest absolute Gasteiger partial charge is 0.360 e. The molecule has 2 N–H and O–H groups in total. The fourth-order valence-electron chi connectivity index (χ4n) is 2.19. The molecule has 0 bridgehead atoms. The van der Waals surface area contributed by atoms with Crippen molar-refractivity contribution in [3.05, 3.63) is 54.3 Å². The van der Waals surface area contributed by atoms with Crippen LogP contribution in [0, 0.1) is 6.92 Å². The highest BCUT2D eigenvalue weighted by atomic mass is 19.4. The molecule has 2 rings (SSSR count). The molecule has 0 aliphatic carbocycles. The lowest BCUT2D eigenvalue weighted by molar-refractivity contribution is -0.137. The predicted octanol–water partition coefficient (Wildman–Crippen LogP) is 3.66. The topological polar surface area (TPSA) is 87.5 Å². The SMILES string of the molecule is C=CCN(CC(=O)Nc1cc(C)on1)C(=O)Nc1ccccc1C(F)(F)F. The molecule has 10 heteroatoms. The van der Waals surface area contributed by atoms with Gasteiger partial charge in [0.05, 0.1) is 11.3 Å². The van der Waals surface area contributed by atoms with E-state index in [2.05, 4.69) is 22.4 Å². The molecule has 144 valence electrons. The van der Waals surface area contributed by atoms with Crippen molar-refractivity contribution in [2.75, 3.05) is 23.7 Å². The van der Waals surface area contributed by atoms with Gasteiger partial charge in [-0.1, -0.05) is 23.4 Å². The van der Waals surface area contributed by atoms with E-state index in [0.717, 1.165) is 17.0 Å². The van der Waals surface area contributed by atoms with Crippen LogP contribution in [-0.2, 0) is 11.0 Å². The zero-order valence-corrected chi connectivity index (χ0v) is 14.3. The highest BCUT2D eigenvalue weighted by Crippen LogP contribution is 2.34. The van der Waals surface area contributed by atoms with Gasteiger partial charge in [-0.05, 0) is 19.1 Å². The third kappa shape index (κ3) is 5.59. The van der Waals surface area contributed by atoms with Gasteiger partial charge in [-0.15, -0.1) is 6.58 Å². The first kappa shape index (κ1) is 20.0. The summed E-state index contributed by atoms with van der Waals surface area (Å²) < 4.78 is 43.9. The molecular weight excluding hydrogens is 365 g/mol. The van der Waals surface area contributed by atoms with Gasteiger partial charge in [0.2, 0.25) is 5.91 Å². The Kier molecular flexibility index (Phi) is 6.22. The van der Waals surface area contributed by atoms with Crippen LogP contribution in [0.4, 0.5) is 29.5 Å². The number of amides is 3. The molecule has 0 aliphatic heterocycles. The van der Waals surface area contributed by atoms with Gasteiger partial charge in [-0.3, -0.25) is 4.79 Å². The van der Waals surface area contributed by atoms with Gasteiger partial charge in [0.25, 0.3) is 0 Å². The van der Waals surface area contributed by atoms with Crippen molar-refractivity contribution in [1.82, 2.24) is 10.1 Å². The summed E-state index contributed by atoms with van der Waals surface area (Å²) in [4.78, 5) is 25.4. The second-order valence-electron chi connectivity index (χ2n) is 5.51. The van der Waals surface area contributed by atoms with Crippen LogP contribution < -0.4 is 10.6 Å². The lowest BCUT2D eigenvalue weighted by Gasteiger charge is -2.22. The number of carbonyl (C=O) groups is 2. The summed E-state index contributed by atoms with van der Waals surface area (Å²) in [6.45, 7) is 4.65. The van der Waals surface area contributed by atoms with Gasteiger partial charge >= 0.3 is 12.2 Å². The first-order chi connectivity index (χ1) is 12.7. The lowest BCUT2D eigenvalue weighted by atomic mass is 10.1. The van der Waals surface area contributed by atoms with Gasteiger partial charge in [0.1, 0.15) is 12.3 Å². The van der Waals surface area contributed by atoms with Crippen LogP contribution in [0.5, 0.6) is 0 Å². The zero-order chi connectivity index (χ0) is 20.0. The van der Waals surface area contributed by atoms with Crippen LogP contribution in [0.3, 0.4) is 0 Å². The maximum atomic E-state index is 13.0. The van der Waals surface area contributed by atoms with Gasteiger partial charge in [0, 0.05) is 12.6 Å². The first-order valence-corrected chi connectivity index (χ1v) is 7.77. The van der Waals surface area contributed by atoms with E-state index in [1.807, 2.05) is 0 Å². The fraction of sp³-hybridized carbons (Fsp3) is 0.235. The summed E-state index contributed by atoms with van der Waals surface area (Å²) >= 11 is 0. The molecular formula is C17H17F3N4O3. The highest BCUT2D eigenvalue weighted by molar-refractivity contribution is 5.96. The minimum absolute atomic E-state index is 0.0503. The Morgan fingerprint density at radius 3 is 2.59 bits per heavy atom. The van der Waals surface area contributed by atoms with Gasteiger partial charge in [-0.25, -0.2) is 4.79 Å². The normalized spacial score (nSPS) is 11.0. The molecule has 1 aromatic carbocycles. The van der Waals surface area contributed by atoms with Gasteiger partial charge in [0.15, 0.2) is 5.82 Å². The number of hydrogen-bond donors (Lipinski definition) is 2. The largest absolute Gasteiger partial charge is 0.418 e. The lowest BCUT2D eigenvalue weighted by Crippen LogP contribution is -2.41. The average Bonchev–Trinajstić information content (AvgIpc) is 2.98. The number of aryl methyl sites for hydroxylation is 1. The molecule has 0 unspecified atom stereocenters. The summed E-state index contributed by atoms with van der Waals surface area (Å²) in [7, 11) is 0. The number of hydrogen-bond acceptors (Lipinski definition) is 4. The minimum atomic E-state index is -4.63. The van der Waals surface area contributed by atoms with E-state index < -0.39 is 35.9 Å². The second kappa shape index (κ2) is 8.39. The van der Waals surface area contributed by atoms with E-state index in [4.69, 9.17) is 4.52 Å². The molecule has 0 fully saturated rings. The van der Waals surface area contributed by atoms with Crippen molar-refractivity contribution >= 4 is 23.4 Å². The van der Waals surface area contributed by atoms with Crippen LogP contribution in [-0.4, -0.2) is 35.1 Å². The maximum absolute atomic E-state index is 13.0. The quantitative estimate of drug-likeness (QED) is 0.747. The third-order valence-corrected chi connectivity index (χ3v) is 3.34. The van der Waals surface area contributed by atoms with Crippen molar-refractivity contribution in [3.8, 4) is 0 Å². The predicted molar refractivity (Wildman–Crippen MR) is 92.1 cm³/mol. The second-order valence-corrected chi connectivity index (χ2v) is 5.51. The summed E-state index contributed by atoms with van der Waals surface area (Å²) in [6, 6.07) is 5.17. The Morgan fingerprint density at radius 1 is 1.30 bits per heavy atom. The van der Waals surface area contributed by atoms with Gasteiger partial charge in [-0.2, -0.15) is 13.2 Å². The maximum Gasteiger partial charge on any atom is 0.418 e. The van der Waals surface area contributed by atoms with Crippen molar-refractivity contribution < 1.29 is 27.3 Å². The number of halogens is 3. The molecule has 1 aromatic heterocycles. The first-order valence-electron chi connectivity index (χ1n) is 7.77. The zero-order valence-electron chi connectivity index (χ0n) is 14.3. The van der Waals surface area contributed by atoms with E-state index in [-0.39, 0.29) is 12.4 Å². The highest BCUT2D eigenvalue weighted by Gasteiger charge is 2.34. The average molecular weight is 382 g/mol. The van der Waals surface area contributed by atoms with Crippen molar-refractivity contribution in [2.45, 2.75) is 13.1 Å². The number of aromatic nitrogens is 1. The summed E-state index contributed by atoms with van der Waals surface area (Å²) in [5.41, 5.74) is -1.39. The fourth-order valence-corrected chi connectivity index (χ4v) is 2.19. The van der Waals surface area contributed by atoms with Crippen LogP contribution in [0.1, 0.15) is 11.3 Å². The number of urea groups is 1. The molecule has 0 saturated carbocycles. The Bertz CT molecular complexity index is 833. The van der Waals surface area contributed by atoms with E-state index in [1.54, 1.807) is 6.92 Å². The van der Waals surface area contributed by atoms with Gasteiger partial charge < -0.3 is 20.1 Å². The molecule has 0 atom stereocenters. The molecule has 2 aromatic rings. The monoisotopic (exact) mass is 382 g/mol. The Hall–Kier alpha value is -3.30. The number of rotatable bonds is 6. The number of nitrogens with zero attached hydrogens (tertiary/aromatic N) is 2. The van der Waals surface area contributed by atoms with E-state index in [1.165, 1.54) is 24.3 Å². The number of benzene rings is 1. The molecule has 7 nitrogen and oxygen atoms in total. The molecule has 0 radical (unpaired) electrons. The van der Waals surface area contributed by atoms with Crippen LogP contribution in [0.15, 0.2) is 47.5 Å². The number of anilines is 2. The summed E-state index contributed by atoms with van der Waals surface area (Å²) in [5, 5.41) is 8.20. The molecule has 1 heterocycles. The molecule has 27 heavy (non-hydrogen) atoms. The summed E-state index contributed by atoms with van der Waals surface area (Å²) in [5.74, 6) is 0.0537. The van der Waals surface area contributed by atoms with Crippen molar-refractivity contribution in [1.29, 1.82) is 0 Å². The number of para-hydroxylation sites is 1. The van der Waals surface area contributed by atoms with Crippen LogP contribution in [0.2, 0.25) is 0 Å². The third-order valence-electron chi connectivity index (χ3n) is 3.34. The molecule has 0 saturated heterocycles. The van der Waals surface area contributed by atoms with Crippen LogP contribution in [0.25, 0.3) is 0 Å².